The molecule has 182 valence electrons. The van der Waals surface area contributed by atoms with Crippen LogP contribution in [0, 0.1) is 10.1 Å². The number of methoxy groups -OCH3 is 3. The molecule has 0 saturated heterocycles. The summed E-state index contributed by atoms with van der Waals surface area (Å²) >= 11 is 0. The summed E-state index contributed by atoms with van der Waals surface area (Å²) in [6.07, 6.45) is -0.843. The van der Waals surface area contributed by atoms with Crippen LogP contribution in [0.25, 0.3) is 11.3 Å². The molecule has 3 aromatic carbocycles. The number of nitro benzene ring substituents is 1. The molecule has 2 aliphatic heterocycles. The van der Waals surface area contributed by atoms with Gasteiger partial charge in [-0.15, -0.1) is 0 Å². The molecule has 0 N–H and O–H groups in total. The van der Waals surface area contributed by atoms with Gasteiger partial charge in [0.2, 0.25) is 0 Å². The van der Waals surface area contributed by atoms with Gasteiger partial charge in [0.25, 0.3) is 5.69 Å². The Hall–Kier alpha value is -4.86. The summed E-state index contributed by atoms with van der Waals surface area (Å²) in [4.78, 5) is 37.2. The minimum absolute atomic E-state index is 0.0150. The summed E-state index contributed by atoms with van der Waals surface area (Å²) in [5.41, 5.74) is 0.907. The third-order valence-electron chi connectivity index (χ3n) is 6.06. The molecule has 0 bridgehead atoms. The first-order chi connectivity index (χ1) is 17.4. The lowest BCUT2D eigenvalue weighted by Gasteiger charge is -2.29. The van der Waals surface area contributed by atoms with Gasteiger partial charge in [0.05, 0.1) is 31.8 Å². The van der Waals surface area contributed by atoms with Gasteiger partial charge in [-0.1, -0.05) is 18.2 Å². The van der Waals surface area contributed by atoms with E-state index in [0.717, 1.165) is 0 Å². The average Bonchev–Trinajstić information content (AvgIpc) is 3.23. The summed E-state index contributed by atoms with van der Waals surface area (Å²) in [6, 6.07) is 14.2. The van der Waals surface area contributed by atoms with E-state index in [1.54, 1.807) is 43.5 Å². The molecule has 1 atom stereocenters. The number of benzene rings is 3. The number of rotatable bonds is 5. The van der Waals surface area contributed by atoms with E-state index in [0.29, 0.717) is 33.9 Å². The van der Waals surface area contributed by atoms with Gasteiger partial charge >= 0.3 is 11.9 Å². The minimum atomic E-state index is -0.843. The summed E-state index contributed by atoms with van der Waals surface area (Å²) in [5.74, 6) is -0.545. The molecule has 5 rings (SSSR count). The number of carbonyl (C=O) groups is 2. The zero-order valence-electron chi connectivity index (χ0n) is 19.4. The minimum Gasteiger partial charge on any atom is -0.497 e. The Bertz CT molecular complexity index is 1460. The van der Waals surface area contributed by atoms with Crippen LogP contribution >= 0.6 is 0 Å². The Morgan fingerprint density at radius 1 is 0.861 bits per heavy atom. The number of hydrogen-bond donors (Lipinski definition) is 0. The van der Waals surface area contributed by atoms with E-state index < -0.39 is 23.0 Å². The van der Waals surface area contributed by atoms with Gasteiger partial charge in [0, 0.05) is 17.2 Å². The van der Waals surface area contributed by atoms with Gasteiger partial charge in [0.15, 0.2) is 23.4 Å². The first-order valence-corrected chi connectivity index (χ1v) is 10.7. The molecular weight excluding hydrogens is 470 g/mol. The molecule has 0 spiro atoms. The second-order valence-corrected chi connectivity index (χ2v) is 7.90. The van der Waals surface area contributed by atoms with Crippen LogP contribution in [0.15, 0.2) is 54.6 Å². The Kier molecular flexibility index (Phi) is 5.56. The van der Waals surface area contributed by atoms with Crippen molar-refractivity contribution in [3.8, 4) is 17.2 Å². The van der Waals surface area contributed by atoms with Gasteiger partial charge in [-0.25, -0.2) is 9.59 Å². The van der Waals surface area contributed by atoms with Crippen molar-refractivity contribution in [2.75, 3.05) is 21.3 Å². The molecule has 0 fully saturated rings. The molecule has 0 aromatic heterocycles. The van der Waals surface area contributed by atoms with Crippen LogP contribution in [0.3, 0.4) is 0 Å². The summed E-state index contributed by atoms with van der Waals surface area (Å²) in [7, 11) is 4.45. The average molecular weight is 489 g/mol. The molecule has 36 heavy (non-hydrogen) atoms. The van der Waals surface area contributed by atoms with Crippen LogP contribution in [-0.2, 0) is 14.3 Å². The number of carbonyl (C=O) groups excluding carboxylic acids is 2. The van der Waals surface area contributed by atoms with Crippen LogP contribution in [0.2, 0.25) is 0 Å². The molecule has 0 aliphatic carbocycles. The lowest BCUT2D eigenvalue weighted by molar-refractivity contribution is -0.385. The van der Waals surface area contributed by atoms with Crippen molar-refractivity contribution in [1.82, 2.24) is 0 Å². The third-order valence-corrected chi connectivity index (χ3v) is 6.06. The van der Waals surface area contributed by atoms with Crippen molar-refractivity contribution in [3.05, 3.63) is 92.5 Å². The van der Waals surface area contributed by atoms with Gasteiger partial charge in [-0.05, 0) is 35.9 Å². The van der Waals surface area contributed by atoms with E-state index in [1.807, 2.05) is 0 Å². The summed E-state index contributed by atoms with van der Waals surface area (Å²) in [5, 5.41) is 11.7. The SMILES string of the molecule is COc1ccc(C2OC(=O)C(=C3OC(=O)c4cccc([N+](=O)[O-])c43)c3cc(OC)c(OC)cc32)cc1. The van der Waals surface area contributed by atoms with E-state index in [-0.39, 0.29) is 28.1 Å². The lowest BCUT2D eigenvalue weighted by Crippen LogP contribution is -2.23. The van der Waals surface area contributed by atoms with Crippen molar-refractivity contribution in [1.29, 1.82) is 0 Å². The molecule has 10 nitrogen and oxygen atoms in total. The second-order valence-electron chi connectivity index (χ2n) is 7.90. The monoisotopic (exact) mass is 489 g/mol. The Morgan fingerprint density at radius 3 is 2.19 bits per heavy atom. The molecule has 2 aliphatic rings. The van der Waals surface area contributed by atoms with Crippen LogP contribution in [0.4, 0.5) is 5.69 Å². The fraction of sp³-hybridized carbons (Fsp3) is 0.154. The highest BCUT2D eigenvalue weighted by molar-refractivity contribution is 6.28. The van der Waals surface area contributed by atoms with Crippen molar-refractivity contribution in [2.45, 2.75) is 6.10 Å². The standard InChI is InChI=1S/C26H19NO9/c1-32-14-9-7-13(8-10-14)23-17-12-20(34-3)19(33-2)11-16(17)22(26(29)35-23)24-21-15(25(28)36-24)5-4-6-18(21)27(30)31/h4-12,23H,1-3H3. The Morgan fingerprint density at radius 2 is 1.56 bits per heavy atom. The zero-order chi connectivity index (χ0) is 25.6. The normalized spacial score (nSPS) is 18.0. The second kappa shape index (κ2) is 8.73. The van der Waals surface area contributed by atoms with E-state index >= 15 is 0 Å². The van der Waals surface area contributed by atoms with Crippen LogP contribution in [0.1, 0.15) is 38.7 Å². The first-order valence-electron chi connectivity index (χ1n) is 10.7. The summed E-state index contributed by atoms with van der Waals surface area (Å²) in [6.45, 7) is 0. The third kappa shape index (κ3) is 3.50. The van der Waals surface area contributed by atoms with Crippen molar-refractivity contribution < 1.29 is 38.2 Å². The highest BCUT2D eigenvalue weighted by Gasteiger charge is 2.42. The van der Waals surface area contributed by atoms with Gasteiger partial charge in [0.1, 0.15) is 16.9 Å². The van der Waals surface area contributed by atoms with E-state index in [9.17, 15) is 19.7 Å². The smallest absolute Gasteiger partial charge is 0.344 e. The van der Waals surface area contributed by atoms with Crippen LogP contribution in [-0.4, -0.2) is 38.2 Å². The quantitative estimate of drug-likeness (QED) is 0.223. The fourth-order valence-electron chi connectivity index (χ4n) is 4.38. The maximum atomic E-state index is 13.5. The number of nitrogens with zero attached hydrogens (tertiary/aromatic N) is 1. The van der Waals surface area contributed by atoms with E-state index in [1.165, 1.54) is 32.4 Å². The zero-order valence-corrected chi connectivity index (χ0v) is 19.4. The van der Waals surface area contributed by atoms with E-state index in [4.69, 9.17) is 23.7 Å². The molecule has 0 saturated carbocycles. The number of nitro groups is 1. The Labute approximate surface area is 204 Å². The van der Waals surface area contributed by atoms with Crippen molar-refractivity contribution >= 4 is 29.0 Å². The number of cyclic esters (lactones) is 2. The fourth-order valence-corrected chi connectivity index (χ4v) is 4.38. The van der Waals surface area contributed by atoms with Gasteiger partial charge in [-0.3, -0.25) is 10.1 Å². The van der Waals surface area contributed by atoms with Crippen molar-refractivity contribution in [3.63, 3.8) is 0 Å². The number of fused-ring (bicyclic) bond motifs is 2. The molecular formula is C26H19NO9. The van der Waals surface area contributed by atoms with Gasteiger partial charge < -0.3 is 23.7 Å². The lowest BCUT2D eigenvalue weighted by atomic mass is 9.87. The molecule has 10 heteroatoms. The molecule has 1 unspecified atom stereocenters. The Balaban J connectivity index is 1.80. The predicted molar refractivity (Wildman–Crippen MR) is 126 cm³/mol. The summed E-state index contributed by atoms with van der Waals surface area (Å²) < 4.78 is 27.4. The number of ether oxygens (including phenoxy) is 5. The van der Waals surface area contributed by atoms with Gasteiger partial charge in [-0.2, -0.15) is 0 Å². The highest BCUT2D eigenvalue weighted by Crippen LogP contribution is 2.48. The molecule has 0 amide bonds. The molecule has 3 aromatic rings. The van der Waals surface area contributed by atoms with E-state index in [2.05, 4.69) is 0 Å². The largest absolute Gasteiger partial charge is 0.497 e. The van der Waals surface area contributed by atoms with Crippen molar-refractivity contribution in [2.24, 2.45) is 0 Å². The first kappa shape index (κ1) is 22.9. The van der Waals surface area contributed by atoms with Crippen LogP contribution < -0.4 is 14.2 Å². The highest BCUT2D eigenvalue weighted by atomic mass is 16.6. The topological polar surface area (TPSA) is 123 Å². The maximum Gasteiger partial charge on any atom is 0.344 e. The maximum absolute atomic E-state index is 13.5. The molecule has 0 radical (unpaired) electrons. The van der Waals surface area contributed by atoms with Crippen LogP contribution in [0.5, 0.6) is 17.2 Å². The number of hydrogen-bond acceptors (Lipinski definition) is 9. The number of esters is 2. The predicted octanol–water partition coefficient (Wildman–Crippen LogP) is 4.31. The molecule has 2 heterocycles.